The van der Waals surface area contributed by atoms with Gasteiger partial charge in [0.15, 0.2) is 0 Å². The summed E-state index contributed by atoms with van der Waals surface area (Å²) in [6, 6.07) is 13.8. The number of nitriles is 1. The highest BCUT2D eigenvalue weighted by atomic mass is 35.5. The van der Waals surface area contributed by atoms with Crippen LogP contribution in [0.2, 0.25) is 10.0 Å². The van der Waals surface area contributed by atoms with Crippen LogP contribution >= 0.6 is 23.2 Å². The zero-order valence-electron chi connectivity index (χ0n) is 13.2. The highest BCUT2D eigenvalue weighted by Gasteiger charge is 2.10. The summed E-state index contributed by atoms with van der Waals surface area (Å²) >= 11 is 11.8. The van der Waals surface area contributed by atoms with E-state index in [-0.39, 0.29) is 5.69 Å². The minimum absolute atomic E-state index is 0.125. The fourth-order valence-electron chi connectivity index (χ4n) is 2.16. The van der Waals surface area contributed by atoms with Crippen molar-refractivity contribution in [2.75, 3.05) is 10.6 Å². The van der Waals surface area contributed by atoms with E-state index < -0.39 is 5.91 Å². The first-order chi connectivity index (χ1) is 12.5. The van der Waals surface area contributed by atoms with Crippen LogP contribution in [0.3, 0.4) is 0 Å². The Balaban J connectivity index is 1.73. The van der Waals surface area contributed by atoms with Crippen LogP contribution in [0, 0.1) is 11.3 Å². The van der Waals surface area contributed by atoms with E-state index in [0.717, 1.165) is 0 Å². The van der Waals surface area contributed by atoms with E-state index in [2.05, 4.69) is 26.7 Å². The van der Waals surface area contributed by atoms with Gasteiger partial charge in [0.25, 0.3) is 5.91 Å². The van der Waals surface area contributed by atoms with Crippen LogP contribution < -0.4 is 10.6 Å². The van der Waals surface area contributed by atoms with Gasteiger partial charge in [-0.3, -0.25) is 4.79 Å². The molecule has 1 heterocycles. The lowest BCUT2D eigenvalue weighted by Crippen LogP contribution is -2.14. The second-order valence-corrected chi connectivity index (χ2v) is 6.05. The number of aromatic nitrogens is 2. The van der Waals surface area contributed by atoms with Gasteiger partial charge in [0.2, 0.25) is 0 Å². The van der Waals surface area contributed by atoms with Gasteiger partial charge in [0.1, 0.15) is 17.6 Å². The largest absolute Gasteiger partial charge is 0.338 e. The number of hydrogen-bond acceptors (Lipinski definition) is 5. The molecule has 1 amide bonds. The number of para-hydroxylation sites is 1. The van der Waals surface area contributed by atoms with E-state index in [4.69, 9.17) is 28.5 Å². The van der Waals surface area contributed by atoms with Crippen molar-refractivity contribution >= 4 is 46.3 Å². The first kappa shape index (κ1) is 17.7. The van der Waals surface area contributed by atoms with Gasteiger partial charge in [0, 0.05) is 15.7 Å². The molecule has 2 aromatic carbocycles. The molecule has 0 aliphatic rings. The molecule has 8 heteroatoms. The summed E-state index contributed by atoms with van der Waals surface area (Å²) in [6.07, 6.45) is 2.74. The summed E-state index contributed by atoms with van der Waals surface area (Å²) in [5, 5.41) is 15.6. The average molecular weight is 384 g/mol. The Bertz CT molecular complexity index is 979. The smallest absolute Gasteiger partial charge is 0.275 e. The zero-order chi connectivity index (χ0) is 18.5. The highest BCUT2D eigenvalue weighted by Crippen LogP contribution is 2.23. The van der Waals surface area contributed by atoms with Crippen molar-refractivity contribution in [2.24, 2.45) is 0 Å². The molecule has 6 nitrogen and oxygen atoms in total. The molecule has 0 aliphatic carbocycles. The maximum Gasteiger partial charge on any atom is 0.275 e. The first-order valence-corrected chi connectivity index (χ1v) is 8.16. The summed E-state index contributed by atoms with van der Waals surface area (Å²) in [4.78, 5) is 20.5. The van der Waals surface area contributed by atoms with Crippen molar-refractivity contribution in [2.45, 2.75) is 0 Å². The summed E-state index contributed by atoms with van der Waals surface area (Å²) in [5.74, 6) is -0.0325. The van der Waals surface area contributed by atoms with E-state index >= 15 is 0 Å². The number of amides is 1. The van der Waals surface area contributed by atoms with Gasteiger partial charge in [-0.1, -0.05) is 35.3 Å². The lowest BCUT2D eigenvalue weighted by Gasteiger charge is -2.08. The van der Waals surface area contributed by atoms with Crippen LogP contribution in [0.1, 0.15) is 16.1 Å². The van der Waals surface area contributed by atoms with E-state index in [9.17, 15) is 4.79 Å². The Morgan fingerprint density at radius 3 is 2.42 bits per heavy atom. The van der Waals surface area contributed by atoms with Gasteiger partial charge >= 0.3 is 0 Å². The molecule has 26 heavy (non-hydrogen) atoms. The number of anilines is 3. The topological polar surface area (TPSA) is 90.7 Å². The second kappa shape index (κ2) is 7.83. The number of halogens is 2. The van der Waals surface area contributed by atoms with Crippen molar-refractivity contribution in [3.63, 3.8) is 0 Å². The molecule has 0 radical (unpaired) electrons. The lowest BCUT2D eigenvalue weighted by molar-refractivity contribution is 0.102. The predicted octanol–water partition coefficient (Wildman–Crippen LogP) is 4.65. The average Bonchev–Trinajstić information content (AvgIpc) is 2.62. The second-order valence-electron chi connectivity index (χ2n) is 5.18. The van der Waals surface area contributed by atoms with Crippen LogP contribution in [-0.4, -0.2) is 15.9 Å². The number of carbonyl (C=O) groups excluding carboxylic acids is 1. The van der Waals surface area contributed by atoms with E-state index in [1.54, 1.807) is 42.5 Å². The maximum atomic E-state index is 12.2. The van der Waals surface area contributed by atoms with Crippen molar-refractivity contribution in [1.82, 2.24) is 9.97 Å². The van der Waals surface area contributed by atoms with Gasteiger partial charge < -0.3 is 10.6 Å². The number of rotatable bonds is 4. The predicted molar refractivity (Wildman–Crippen MR) is 101 cm³/mol. The molecule has 1 aromatic heterocycles. The van der Waals surface area contributed by atoms with E-state index in [1.807, 2.05) is 0 Å². The molecule has 0 saturated heterocycles. The van der Waals surface area contributed by atoms with Crippen molar-refractivity contribution in [3.8, 4) is 6.07 Å². The van der Waals surface area contributed by atoms with Gasteiger partial charge in [-0.2, -0.15) is 5.26 Å². The van der Waals surface area contributed by atoms with Crippen LogP contribution in [0.15, 0.2) is 54.9 Å². The lowest BCUT2D eigenvalue weighted by atomic mass is 10.2. The fourth-order valence-corrected chi connectivity index (χ4v) is 2.68. The molecule has 2 N–H and O–H groups in total. The molecule has 0 aliphatic heterocycles. The summed E-state index contributed by atoms with van der Waals surface area (Å²) in [6.45, 7) is 0. The third kappa shape index (κ3) is 4.28. The van der Waals surface area contributed by atoms with Crippen molar-refractivity contribution in [3.05, 3.63) is 76.2 Å². The Labute approximate surface area is 159 Å². The SMILES string of the molecule is N#Cc1ccccc1Nc1cnc(C(=O)Nc2cc(Cl)cc(Cl)c2)cn1. The Morgan fingerprint density at radius 2 is 1.77 bits per heavy atom. The fraction of sp³-hybridized carbons (Fsp3) is 0. The quantitative estimate of drug-likeness (QED) is 0.683. The molecule has 0 atom stereocenters. The number of benzene rings is 2. The van der Waals surface area contributed by atoms with Gasteiger partial charge in [-0.05, 0) is 30.3 Å². The standard InChI is InChI=1S/C18H11Cl2N5O/c19-12-5-13(20)7-14(6-12)24-18(26)16-9-23-17(10-22-16)25-15-4-2-1-3-11(15)8-21/h1-7,9-10H,(H,23,25)(H,24,26). The third-order valence-corrected chi connectivity index (χ3v) is 3.75. The maximum absolute atomic E-state index is 12.2. The zero-order valence-corrected chi connectivity index (χ0v) is 14.7. The van der Waals surface area contributed by atoms with E-state index in [0.29, 0.717) is 32.8 Å². The van der Waals surface area contributed by atoms with Crippen LogP contribution in [-0.2, 0) is 0 Å². The summed E-state index contributed by atoms with van der Waals surface area (Å²) < 4.78 is 0. The number of carbonyl (C=O) groups is 1. The molecule has 0 bridgehead atoms. The Kier molecular flexibility index (Phi) is 5.32. The molecule has 0 saturated carbocycles. The summed E-state index contributed by atoms with van der Waals surface area (Å²) in [7, 11) is 0. The van der Waals surface area contributed by atoms with E-state index in [1.165, 1.54) is 12.4 Å². The van der Waals surface area contributed by atoms with Crippen molar-refractivity contribution in [1.29, 1.82) is 5.26 Å². The molecular weight excluding hydrogens is 373 g/mol. The van der Waals surface area contributed by atoms with Crippen LogP contribution in [0.25, 0.3) is 0 Å². The minimum atomic E-state index is -0.445. The highest BCUT2D eigenvalue weighted by molar-refractivity contribution is 6.35. The molecule has 0 fully saturated rings. The molecule has 0 spiro atoms. The van der Waals surface area contributed by atoms with Crippen molar-refractivity contribution < 1.29 is 4.79 Å². The van der Waals surface area contributed by atoms with Gasteiger partial charge in [0.05, 0.1) is 23.6 Å². The molecule has 3 aromatic rings. The van der Waals surface area contributed by atoms with Gasteiger partial charge in [-0.15, -0.1) is 0 Å². The molecule has 3 rings (SSSR count). The normalized spacial score (nSPS) is 10.0. The van der Waals surface area contributed by atoms with Crippen LogP contribution in [0.5, 0.6) is 0 Å². The summed E-state index contributed by atoms with van der Waals surface area (Å²) in [5.41, 5.74) is 1.67. The number of nitrogens with one attached hydrogen (secondary N) is 2. The number of hydrogen-bond donors (Lipinski definition) is 2. The monoisotopic (exact) mass is 383 g/mol. The third-order valence-electron chi connectivity index (χ3n) is 3.32. The first-order valence-electron chi connectivity index (χ1n) is 7.41. The molecular formula is C18H11Cl2N5O. The number of nitrogens with zero attached hydrogens (tertiary/aromatic N) is 3. The molecule has 0 unspecified atom stereocenters. The molecule has 128 valence electrons. The minimum Gasteiger partial charge on any atom is -0.338 e. The Hall–Kier alpha value is -3.14. The Morgan fingerprint density at radius 1 is 1.04 bits per heavy atom. The van der Waals surface area contributed by atoms with Gasteiger partial charge in [-0.25, -0.2) is 9.97 Å². The van der Waals surface area contributed by atoms with Crippen LogP contribution in [0.4, 0.5) is 17.2 Å².